The summed E-state index contributed by atoms with van der Waals surface area (Å²) >= 11 is 0. The van der Waals surface area contributed by atoms with Crippen LogP contribution < -0.4 is 0 Å². The first kappa shape index (κ1) is 21.2. The Hall–Kier alpha value is -3.49. The van der Waals surface area contributed by atoms with Gasteiger partial charge >= 0.3 is 11.9 Å². The van der Waals surface area contributed by atoms with E-state index < -0.39 is 5.97 Å². The third-order valence-corrected chi connectivity index (χ3v) is 4.85. The minimum atomic E-state index is -0.634. The zero-order valence-corrected chi connectivity index (χ0v) is 16.8. The van der Waals surface area contributed by atoms with Crippen molar-refractivity contribution < 1.29 is 23.9 Å². The minimum absolute atomic E-state index is 0.181. The van der Waals surface area contributed by atoms with Crippen molar-refractivity contribution in [2.24, 2.45) is 5.92 Å². The molecular weight excluding hydrogens is 388 g/mol. The lowest BCUT2D eigenvalue weighted by atomic mass is 9.97. The highest BCUT2D eigenvalue weighted by Gasteiger charge is 2.28. The standard InChI is InChI=1S/C21H24N4O5/c1-29-21(28)17-9-11-24(12-10-17)19(26)15-30-20(27)8-7-18-14-25(23-22-18)13-16-5-3-2-4-6-16/h2-8,14,17H,9-13,15H2,1H3/b8-7+. The number of aromatic nitrogens is 3. The van der Waals surface area contributed by atoms with E-state index >= 15 is 0 Å². The van der Waals surface area contributed by atoms with Gasteiger partial charge in [0, 0.05) is 19.2 Å². The number of rotatable bonds is 7. The zero-order chi connectivity index (χ0) is 21.3. The number of hydrogen-bond acceptors (Lipinski definition) is 7. The summed E-state index contributed by atoms with van der Waals surface area (Å²) in [5.74, 6) is -1.35. The quantitative estimate of drug-likeness (QED) is 0.499. The van der Waals surface area contributed by atoms with E-state index in [1.165, 1.54) is 19.3 Å². The number of nitrogens with zero attached hydrogens (tertiary/aromatic N) is 4. The van der Waals surface area contributed by atoms with Crippen LogP contribution in [-0.2, 0) is 30.4 Å². The Labute approximate surface area is 174 Å². The molecule has 158 valence electrons. The molecule has 1 aliphatic heterocycles. The van der Waals surface area contributed by atoms with Gasteiger partial charge in [-0.05, 0) is 24.5 Å². The average Bonchev–Trinajstić information content (AvgIpc) is 3.23. The van der Waals surface area contributed by atoms with Crippen LogP contribution in [0.5, 0.6) is 0 Å². The number of ether oxygens (including phenoxy) is 2. The molecule has 0 unspecified atom stereocenters. The van der Waals surface area contributed by atoms with Crippen molar-refractivity contribution in [2.75, 3.05) is 26.8 Å². The van der Waals surface area contributed by atoms with Crippen molar-refractivity contribution in [2.45, 2.75) is 19.4 Å². The molecule has 1 aliphatic rings. The number of hydrogen-bond donors (Lipinski definition) is 0. The molecule has 1 fully saturated rings. The first-order valence-corrected chi connectivity index (χ1v) is 9.69. The number of piperidine rings is 1. The summed E-state index contributed by atoms with van der Waals surface area (Å²) in [5.41, 5.74) is 1.60. The number of esters is 2. The molecule has 0 bridgehead atoms. The Bertz CT molecular complexity index is 901. The lowest BCUT2D eigenvalue weighted by Gasteiger charge is -2.30. The number of methoxy groups -OCH3 is 1. The average molecular weight is 412 g/mol. The van der Waals surface area contributed by atoms with Gasteiger partial charge in [-0.3, -0.25) is 9.59 Å². The van der Waals surface area contributed by atoms with Gasteiger partial charge in [0.15, 0.2) is 6.61 Å². The van der Waals surface area contributed by atoms with Crippen LogP contribution in [0.1, 0.15) is 24.1 Å². The van der Waals surface area contributed by atoms with Crippen molar-refractivity contribution >= 4 is 23.9 Å². The molecule has 2 aromatic rings. The molecular formula is C21H24N4O5. The molecule has 1 saturated heterocycles. The maximum absolute atomic E-state index is 12.2. The van der Waals surface area contributed by atoms with Crippen LogP contribution in [-0.4, -0.2) is 64.5 Å². The van der Waals surface area contributed by atoms with Gasteiger partial charge in [-0.15, -0.1) is 5.10 Å². The number of amides is 1. The summed E-state index contributed by atoms with van der Waals surface area (Å²) in [5, 5.41) is 8.01. The SMILES string of the molecule is COC(=O)C1CCN(C(=O)COC(=O)/C=C/c2cn(Cc3ccccc3)nn2)CC1. The highest BCUT2D eigenvalue weighted by Crippen LogP contribution is 2.18. The number of carbonyl (C=O) groups is 3. The maximum atomic E-state index is 12.2. The van der Waals surface area contributed by atoms with Crippen molar-refractivity contribution in [3.8, 4) is 0 Å². The number of carbonyl (C=O) groups excluding carboxylic acids is 3. The lowest BCUT2D eigenvalue weighted by molar-refractivity contribution is -0.151. The monoisotopic (exact) mass is 412 g/mol. The van der Waals surface area contributed by atoms with E-state index in [1.54, 1.807) is 15.8 Å². The summed E-state index contributed by atoms with van der Waals surface area (Å²) in [6, 6.07) is 9.82. The maximum Gasteiger partial charge on any atom is 0.331 e. The van der Waals surface area contributed by atoms with Crippen LogP contribution in [0.2, 0.25) is 0 Å². The van der Waals surface area contributed by atoms with E-state index in [0.29, 0.717) is 38.2 Å². The van der Waals surface area contributed by atoms with Gasteiger partial charge in [0.25, 0.3) is 5.91 Å². The van der Waals surface area contributed by atoms with Crippen molar-refractivity contribution in [1.29, 1.82) is 0 Å². The Balaban J connectivity index is 1.41. The van der Waals surface area contributed by atoms with Gasteiger partial charge in [0.2, 0.25) is 0 Å². The van der Waals surface area contributed by atoms with Crippen LogP contribution in [0.3, 0.4) is 0 Å². The second kappa shape index (κ2) is 10.3. The number of benzene rings is 1. The van der Waals surface area contributed by atoms with Gasteiger partial charge < -0.3 is 14.4 Å². The molecule has 0 saturated carbocycles. The van der Waals surface area contributed by atoms with Crippen LogP contribution in [0, 0.1) is 5.92 Å². The van der Waals surface area contributed by atoms with E-state index in [0.717, 1.165) is 5.56 Å². The van der Waals surface area contributed by atoms with Crippen LogP contribution >= 0.6 is 0 Å². The molecule has 3 rings (SSSR count). The Morgan fingerprint density at radius 1 is 1.17 bits per heavy atom. The first-order chi connectivity index (χ1) is 14.5. The molecule has 9 nitrogen and oxygen atoms in total. The fraction of sp³-hybridized carbons (Fsp3) is 0.381. The second-order valence-electron chi connectivity index (χ2n) is 6.95. The Morgan fingerprint density at radius 2 is 1.90 bits per heavy atom. The van der Waals surface area contributed by atoms with Crippen molar-refractivity contribution in [3.63, 3.8) is 0 Å². The molecule has 0 spiro atoms. The van der Waals surface area contributed by atoms with E-state index in [9.17, 15) is 14.4 Å². The van der Waals surface area contributed by atoms with E-state index in [2.05, 4.69) is 10.3 Å². The second-order valence-corrected chi connectivity index (χ2v) is 6.95. The number of likely N-dealkylation sites (tertiary alicyclic amines) is 1. The molecule has 2 heterocycles. The molecule has 1 amide bonds. The fourth-order valence-corrected chi connectivity index (χ4v) is 3.19. The molecule has 1 aromatic heterocycles. The third kappa shape index (κ3) is 6.00. The molecule has 0 aliphatic carbocycles. The fourth-order valence-electron chi connectivity index (χ4n) is 3.19. The topological polar surface area (TPSA) is 104 Å². The summed E-state index contributed by atoms with van der Waals surface area (Å²) in [7, 11) is 1.36. The normalized spacial score (nSPS) is 14.6. The van der Waals surface area contributed by atoms with Crippen LogP contribution in [0.15, 0.2) is 42.6 Å². The van der Waals surface area contributed by atoms with Gasteiger partial charge in [-0.1, -0.05) is 35.5 Å². The molecule has 0 atom stereocenters. The minimum Gasteiger partial charge on any atom is -0.469 e. The highest BCUT2D eigenvalue weighted by atomic mass is 16.5. The van der Waals surface area contributed by atoms with Crippen molar-refractivity contribution in [3.05, 3.63) is 53.9 Å². The zero-order valence-electron chi connectivity index (χ0n) is 16.8. The molecule has 30 heavy (non-hydrogen) atoms. The van der Waals surface area contributed by atoms with Crippen LogP contribution in [0.25, 0.3) is 6.08 Å². The van der Waals surface area contributed by atoms with Gasteiger partial charge in [0.1, 0.15) is 5.69 Å². The predicted octanol–water partition coefficient (Wildman–Crippen LogP) is 1.29. The molecule has 0 radical (unpaired) electrons. The summed E-state index contributed by atoms with van der Waals surface area (Å²) < 4.78 is 11.4. The predicted molar refractivity (Wildman–Crippen MR) is 107 cm³/mol. The highest BCUT2D eigenvalue weighted by molar-refractivity contribution is 5.89. The Morgan fingerprint density at radius 3 is 2.60 bits per heavy atom. The van der Waals surface area contributed by atoms with Gasteiger partial charge in [-0.2, -0.15) is 0 Å². The van der Waals surface area contributed by atoms with E-state index in [1.807, 2.05) is 30.3 Å². The summed E-state index contributed by atoms with van der Waals surface area (Å²) in [6.07, 6.45) is 5.51. The van der Waals surface area contributed by atoms with E-state index in [4.69, 9.17) is 9.47 Å². The van der Waals surface area contributed by atoms with Gasteiger partial charge in [-0.25, -0.2) is 9.48 Å². The van der Waals surface area contributed by atoms with Crippen molar-refractivity contribution in [1.82, 2.24) is 19.9 Å². The first-order valence-electron chi connectivity index (χ1n) is 9.69. The smallest absolute Gasteiger partial charge is 0.331 e. The summed E-state index contributed by atoms with van der Waals surface area (Å²) in [6.45, 7) is 1.12. The lowest BCUT2D eigenvalue weighted by Crippen LogP contribution is -2.42. The summed E-state index contributed by atoms with van der Waals surface area (Å²) in [4.78, 5) is 37.2. The van der Waals surface area contributed by atoms with E-state index in [-0.39, 0.29) is 24.4 Å². The molecule has 0 N–H and O–H groups in total. The van der Waals surface area contributed by atoms with Crippen LogP contribution in [0.4, 0.5) is 0 Å². The molecule has 1 aromatic carbocycles. The van der Waals surface area contributed by atoms with Gasteiger partial charge in [0.05, 0.1) is 25.8 Å². The largest absolute Gasteiger partial charge is 0.469 e. The molecule has 9 heteroatoms. The Kier molecular flexibility index (Phi) is 7.31. The third-order valence-electron chi connectivity index (χ3n) is 4.85.